The predicted octanol–water partition coefficient (Wildman–Crippen LogP) is 5.55. The second-order valence-corrected chi connectivity index (χ2v) is 10.0. The van der Waals surface area contributed by atoms with Gasteiger partial charge in [-0.2, -0.15) is 13.2 Å². The maximum absolute atomic E-state index is 13.0. The van der Waals surface area contributed by atoms with E-state index in [4.69, 9.17) is 15.2 Å². The third-order valence-electron chi connectivity index (χ3n) is 6.61. The van der Waals surface area contributed by atoms with Gasteiger partial charge in [0.1, 0.15) is 23.5 Å². The number of hydrogen-bond acceptors (Lipinski definition) is 7. The minimum absolute atomic E-state index is 0.0231. The summed E-state index contributed by atoms with van der Waals surface area (Å²) >= 11 is 0. The monoisotopic (exact) mass is 519 g/mol. The fourth-order valence-corrected chi connectivity index (χ4v) is 4.26. The highest BCUT2D eigenvalue weighted by Gasteiger charge is 2.31. The number of esters is 1. The molecule has 1 aliphatic carbocycles. The lowest BCUT2D eigenvalue weighted by Crippen LogP contribution is -2.29. The average Bonchev–Trinajstić information content (AvgIpc) is 3.14. The number of hydrogen-bond donors (Lipinski definition) is 1. The molecule has 2 aromatic heterocycles. The molecule has 4 rings (SSSR count). The topological polar surface area (TPSA) is 105 Å². The van der Waals surface area contributed by atoms with Crippen molar-refractivity contribution in [2.45, 2.75) is 71.9 Å². The standard InChI is InChI=1S/C26H32F3N5O3/c1-14(2)13-36-16(4)24-33-22-20(34(24)12-17-8-10-19(11-9-17)26(27,28)29)21(30)31-23(32-22)25(35)37-15(3)18-6-5-7-18/h8-11,14-16,18H,5-7,12-13H2,1-4H3,(H2,30,31,32). The van der Waals surface area contributed by atoms with Crippen LogP contribution >= 0.6 is 0 Å². The number of nitrogens with zero attached hydrogens (tertiary/aromatic N) is 4. The second-order valence-electron chi connectivity index (χ2n) is 10.0. The molecule has 1 fully saturated rings. The number of ether oxygens (including phenoxy) is 2. The summed E-state index contributed by atoms with van der Waals surface area (Å²) in [4.78, 5) is 25.9. The van der Waals surface area contributed by atoms with Crippen LogP contribution in [0, 0.1) is 11.8 Å². The lowest BCUT2D eigenvalue weighted by molar-refractivity contribution is -0.137. The van der Waals surface area contributed by atoms with Gasteiger partial charge in [-0.15, -0.1) is 0 Å². The number of halogens is 3. The van der Waals surface area contributed by atoms with Gasteiger partial charge in [-0.25, -0.2) is 19.7 Å². The number of nitrogens with two attached hydrogens (primary N) is 1. The highest BCUT2D eigenvalue weighted by molar-refractivity contribution is 5.91. The molecule has 3 aromatic rings. The molecular weight excluding hydrogens is 487 g/mol. The second kappa shape index (κ2) is 10.6. The smallest absolute Gasteiger partial charge is 0.416 e. The molecule has 11 heteroatoms. The van der Waals surface area contributed by atoms with E-state index in [0.29, 0.717) is 29.4 Å². The Labute approximate surface area is 213 Å². The summed E-state index contributed by atoms with van der Waals surface area (Å²) < 4.78 is 52.3. The molecule has 0 saturated heterocycles. The molecule has 0 spiro atoms. The summed E-state index contributed by atoms with van der Waals surface area (Å²) in [6.45, 7) is 8.35. The molecule has 0 radical (unpaired) electrons. The Bertz CT molecular complexity index is 1250. The fourth-order valence-electron chi connectivity index (χ4n) is 4.26. The van der Waals surface area contributed by atoms with E-state index >= 15 is 0 Å². The lowest BCUT2D eigenvalue weighted by Gasteiger charge is -2.30. The molecule has 1 aromatic carbocycles. The number of carbonyl (C=O) groups is 1. The van der Waals surface area contributed by atoms with E-state index in [9.17, 15) is 18.0 Å². The molecule has 0 bridgehead atoms. The summed E-state index contributed by atoms with van der Waals surface area (Å²) in [5.41, 5.74) is 6.72. The van der Waals surface area contributed by atoms with E-state index in [-0.39, 0.29) is 35.9 Å². The summed E-state index contributed by atoms with van der Waals surface area (Å²) in [6, 6.07) is 4.87. The number of anilines is 1. The molecule has 0 aliphatic heterocycles. The largest absolute Gasteiger partial charge is 0.456 e. The first-order valence-corrected chi connectivity index (χ1v) is 12.5. The van der Waals surface area contributed by atoms with Crippen LogP contribution < -0.4 is 5.73 Å². The zero-order valence-electron chi connectivity index (χ0n) is 21.4. The molecule has 8 nitrogen and oxygen atoms in total. The molecule has 0 amide bonds. The van der Waals surface area contributed by atoms with Crippen molar-refractivity contribution in [1.82, 2.24) is 19.5 Å². The SMILES string of the molecule is CC(C)COC(C)c1nc2nc(C(=O)OC(C)C3CCC3)nc(N)c2n1Cc1ccc(C(F)(F)F)cc1. The van der Waals surface area contributed by atoms with Crippen LogP contribution in [0.5, 0.6) is 0 Å². The number of rotatable bonds is 9. The number of aromatic nitrogens is 4. The Morgan fingerprint density at radius 1 is 1.11 bits per heavy atom. The number of benzene rings is 1. The fraction of sp³-hybridized carbons (Fsp3) is 0.538. The Kier molecular flexibility index (Phi) is 7.72. The maximum Gasteiger partial charge on any atom is 0.416 e. The summed E-state index contributed by atoms with van der Waals surface area (Å²) in [5.74, 6) is 0.256. The number of nitrogen functional groups attached to an aromatic ring is 1. The number of imidazole rings is 1. The first kappa shape index (κ1) is 26.8. The van der Waals surface area contributed by atoms with Gasteiger partial charge < -0.3 is 19.8 Å². The molecule has 1 saturated carbocycles. The first-order valence-electron chi connectivity index (χ1n) is 12.5. The van der Waals surface area contributed by atoms with Gasteiger partial charge in [0.15, 0.2) is 11.5 Å². The summed E-state index contributed by atoms with van der Waals surface area (Å²) in [7, 11) is 0. The van der Waals surface area contributed by atoms with Gasteiger partial charge in [0.25, 0.3) is 0 Å². The third kappa shape index (κ3) is 6.03. The maximum atomic E-state index is 13.0. The molecule has 200 valence electrons. The Morgan fingerprint density at radius 2 is 1.78 bits per heavy atom. The normalized spacial score (nSPS) is 16.1. The van der Waals surface area contributed by atoms with Crippen LogP contribution in [0.1, 0.15) is 80.6 Å². The zero-order chi connectivity index (χ0) is 26.9. The minimum atomic E-state index is -4.43. The highest BCUT2D eigenvalue weighted by atomic mass is 19.4. The average molecular weight is 520 g/mol. The highest BCUT2D eigenvalue weighted by Crippen LogP contribution is 2.32. The third-order valence-corrected chi connectivity index (χ3v) is 6.61. The Balaban J connectivity index is 1.69. The zero-order valence-corrected chi connectivity index (χ0v) is 21.4. The van der Waals surface area contributed by atoms with E-state index in [1.807, 2.05) is 27.7 Å². The van der Waals surface area contributed by atoms with Crippen molar-refractivity contribution in [1.29, 1.82) is 0 Å². The van der Waals surface area contributed by atoms with Crippen LogP contribution in [0.4, 0.5) is 19.0 Å². The Morgan fingerprint density at radius 3 is 2.35 bits per heavy atom. The van der Waals surface area contributed by atoms with Crippen molar-refractivity contribution in [2.75, 3.05) is 12.3 Å². The van der Waals surface area contributed by atoms with Gasteiger partial charge in [0.05, 0.1) is 5.56 Å². The van der Waals surface area contributed by atoms with Crippen molar-refractivity contribution in [2.24, 2.45) is 11.8 Å². The van der Waals surface area contributed by atoms with Crippen LogP contribution in [-0.2, 0) is 22.2 Å². The lowest BCUT2D eigenvalue weighted by atomic mass is 9.82. The van der Waals surface area contributed by atoms with E-state index in [1.165, 1.54) is 12.1 Å². The van der Waals surface area contributed by atoms with E-state index in [1.54, 1.807) is 4.57 Å². The number of carbonyl (C=O) groups excluding carboxylic acids is 1. The van der Waals surface area contributed by atoms with Gasteiger partial charge >= 0.3 is 12.1 Å². The first-order chi connectivity index (χ1) is 17.4. The van der Waals surface area contributed by atoms with Crippen LogP contribution in [-0.4, -0.2) is 38.2 Å². The number of alkyl halides is 3. The van der Waals surface area contributed by atoms with E-state index < -0.39 is 23.8 Å². The predicted molar refractivity (Wildman–Crippen MR) is 132 cm³/mol. The molecule has 2 unspecified atom stereocenters. The molecular formula is C26H32F3N5O3. The van der Waals surface area contributed by atoms with Crippen LogP contribution in [0.3, 0.4) is 0 Å². The van der Waals surface area contributed by atoms with Crippen molar-refractivity contribution < 1.29 is 27.4 Å². The quantitative estimate of drug-likeness (QED) is 0.369. The van der Waals surface area contributed by atoms with Crippen molar-refractivity contribution in [3.8, 4) is 0 Å². The summed E-state index contributed by atoms with van der Waals surface area (Å²) in [6.07, 6.45) is -1.99. The molecule has 2 atom stereocenters. The van der Waals surface area contributed by atoms with Gasteiger partial charge in [-0.3, -0.25) is 0 Å². The van der Waals surface area contributed by atoms with Gasteiger partial charge in [-0.1, -0.05) is 32.4 Å². The van der Waals surface area contributed by atoms with Crippen molar-refractivity contribution in [3.63, 3.8) is 0 Å². The molecule has 2 heterocycles. The van der Waals surface area contributed by atoms with Crippen LogP contribution in [0.25, 0.3) is 11.2 Å². The molecule has 37 heavy (non-hydrogen) atoms. The Hall–Kier alpha value is -3.21. The van der Waals surface area contributed by atoms with Crippen LogP contribution in [0.15, 0.2) is 24.3 Å². The van der Waals surface area contributed by atoms with Gasteiger partial charge in [0, 0.05) is 13.2 Å². The minimum Gasteiger partial charge on any atom is -0.456 e. The van der Waals surface area contributed by atoms with Gasteiger partial charge in [0.2, 0.25) is 5.82 Å². The number of fused-ring (bicyclic) bond motifs is 1. The molecule has 1 aliphatic rings. The summed E-state index contributed by atoms with van der Waals surface area (Å²) in [5, 5.41) is 0. The molecule has 2 N–H and O–H groups in total. The van der Waals surface area contributed by atoms with Crippen molar-refractivity contribution in [3.05, 3.63) is 47.0 Å². The van der Waals surface area contributed by atoms with Gasteiger partial charge in [-0.05, 0) is 56.2 Å². The van der Waals surface area contributed by atoms with Crippen molar-refractivity contribution >= 4 is 23.0 Å². The van der Waals surface area contributed by atoms with E-state index in [0.717, 1.165) is 31.4 Å². The van der Waals surface area contributed by atoms with Crippen LogP contribution in [0.2, 0.25) is 0 Å². The van der Waals surface area contributed by atoms with E-state index in [2.05, 4.69) is 15.0 Å².